The van der Waals surface area contributed by atoms with Crippen molar-refractivity contribution in [3.8, 4) is 0 Å². The van der Waals surface area contributed by atoms with Crippen molar-refractivity contribution in [2.75, 3.05) is 0 Å². The van der Waals surface area contributed by atoms with Crippen LogP contribution >= 0.6 is 0 Å². The fraction of sp³-hybridized carbons (Fsp3) is 0.632. The number of rotatable bonds is 7. The minimum absolute atomic E-state index is 0.300. The molecule has 4 heteroatoms. The topological polar surface area (TPSA) is 51.4 Å². The van der Waals surface area contributed by atoms with Crippen molar-refractivity contribution in [2.45, 2.75) is 71.7 Å². The van der Waals surface area contributed by atoms with E-state index in [1.54, 1.807) is 0 Å². The van der Waals surface area contributed by atoms with Gasteiger partial charge in [-0.3, -0.25) is 0 Å². The molecular weight excluding hydrogens is 292 g/mol. The lowest BCUT2D eigenvalue weighted by Gasteiger charge is -2.26. The Morgan fingerprint density at radius 3 is 2.17 bits per heavy atom. The van der Waals surface area contributed by atoms with Crippen LogP contribution in [0.4, 0.5) is 0 Å². The van der Waals surface area contributed by atoms with Gasteiger partial charge in [-0.15, -0.1) is 0 Å². The minimum atomic E-state index is -1.19. The average Bonchev–Trinajstić information content (AvgIpc) is 3.24. The zero-order chi connectivity index (χ0) is 17.1. The van der Waals surface area contributed by atoms with Crippen molar-refractivity contribution in [2.24, 2.45) is 5.41 Å². The van der Waals surface area contributed by atoms with E-state index in [0.29, 0.717) is 11.8 Å². The summed E-state index contributed by atoms with van der Waals surface area (Å²) in [4.78, 5) is 22.4. The van der Waals surface area contributed by atoms with Crippen LogP contribution in [0.25, 0.3) is 0 Å². The second-order valence-electron chi connectivity index (χ2n) is 7.95. The molecule has 0 saturated carbocycles. The van der Waals surface area contributed by atoms with Crippen LogP contribution < -0.4 is 0 Å². The first-order valence-corrected chi connectivity index (χ1v) is 8.31. The predicted molar refractivity (Wildman–Crippen MR) is 88.4 cm³/mol. The van der Waals surface area contributed by atoms with E-state index in [4.69, 9.17) is 14.5 Å². The molecule has 1 aliphatic heterocycles. The number of hydrogen-bond donors (Lipinski definition) is 0. The summed E-state index contributed by atoms with van der Waals surface area (Å²) in [7, 11) is 0. The van der Waals surface area contributed by atoms with E-state index < -0.39 is 17.4 Å². The molecule has 1 aromatic carbocycles. The molecule has 0 amide bonds. The third-order valence-corrected chi connectivity index (χ3v) is 4.10. The van der Waals surface area contributed by atoms with Crippen molar-refractivity contribution < 1.29 is 19.3 Å². The molecule has 0 aromatic heterocycles. The Morgan fingerprint density at radius 2 is 1.65 bits per heavy atom. The number of carbonyl (C=O) groups is 1. The van der Waals surface area contributed by atoms with Gasteiger partial charge >= 0.3 is 11.8 Å². The molecule has 0 unspecified atom stereocenters. The first kappa shape index (κ1) is 18.0. The highest BCUT2D eigenvalue weighted by Gasteiger charge is 2.58. The summed E-state index contributed by atoms with van der Waals surface area (Å²) in [6, 6.07) is 9.68. The summed E-state index contributed by atoms with van der Waals surface area (Å²) in [5.74, 6) is -1.63. The Bertz CT molecular complexity index is 524. The van der Waals surface area contributed by atoms with Crippen molar-refractivity contribution in [1.82, 2.24) is 0 Å². The number of ether oxygens (including phenoxy) is 1. The SMILES string of the molecule is CC(C)(C)CCCCC1(C(=O)OC(C)(C)c2ccccc2)OO1. The first-order chi connectivity index (χ1) is 10.6. The number of esters is 1. The molecule has 1 fully saturated rings. The average molecular weight is 320 g/mol. The molecule has 0 atom stereocenters. The Hall–Kier alpha value is -1.39. The highest BCUT2D eigenvalue weighted by Crippen LogP contribution is 2.39. The molecule has 128 valence electrons. The molecule has 0 radical (unpaired) electrons. The Kier molecular flexibility index (Phi) is 5.17. The Labute approximate surface area is 139 Å². The molecule has 23 heavy (non-hydrogen) atoms. The molecule has 2 rings (SSSR count). The van der Waals surface area contributed by atoms with Gasteiger partial charge < -0.3 is 4.74 Å². The summed E-state index contributed by atoms with van der Waals surface area (Å²) < 4.78 is 5.66. The predicted octanol–water partition coefficient (Wildman–Crippen LogP) is 4.73. The largest absolute Gasteiger partial charge is 0.451 e. The molecule has 1 aliphatic rings. The van der Waals surface area contributed by atoms with Gasteiger partial charge in [-0.05, 0) is 37.7 Å². The summed E-state index contributed by atoms with van der Waals surface area (Å²) in [6.07, 6.45) is 3.55. The quantitative estimate of drug-likeness (QED) is 0.315. The fourth-order valence-corrected chi connectivity index (χ4v) is 2.52. The minimum Gasteiger partial charge on any atom is -0.451 e. The van der Waals surface area contributed by atoms with Gasteiger partial charge in [0.25, 0.3) is 0 Å². The summed E-state index contributed by atoms with van der Waals surface area (Å²) in [6.45, 7) is 10.4. The summed E-state index contributed by atoms with van der Waals surface area (Å²) in [5.41, 5.74) is 0.525. The van der Waals surface area contributed by atoms with Gasteiger partial charge in [0.2, 0.25) is 0 Å². The second kappa shape index (κ2) is 6.62. The Morgan fingerprint density at radius 1 is 1.04 bits per heavy atom. The summed E-state index contributed by atoms with van der Waals surface area (Å²) >= 11 is 0. The lowest BCUT2D eigenvalue weighted by Crippen LogP contribution is -2.34. The van der Waals surface area contributed by atoms with Crippen LogP contribution in [-0.4, -0.2) is 11.8 Å². The van der Waals surface area contributed by atoms with Crippen LogP contribution in [0.1, 0.15) is 65.9 Å². The van der Waals surface area contributed by atoms with Crippen LogP contribution in [0, 0.1) is 5.41 Å². The van der Waals surface area contributed by atoms with Gasteiger partial charge in [-0.1, -0.05) is 57.5 Å². The van der Waals surface area contributed by atoms with Gasteiger partial charge in [-0.25, -0.2) is 4.79 Å². The maximum atomic E-state index is 12.4. The molecule has 0 bridgehead atoms. The molecule has 0 N–H and O–H groups in total. The van der Waals surface area contributed by atoms with Crippen LogP contribution in [0.2, 0.25) is 0 Å². The fourth-order valence-electron chi connectivity index (χ4n) is 2.52. The maximum Gasteiger partial charge on any atom is 0.373 e. The first-order valence-electron chi connectivity index (χ1n) is 8.31. The molecule has 1 aromatic rings. The van der Waals surface area contributed by atoms with Crippen molar-refractivity contribution in [3.05, 3.63) is 35.9 Å². The van der Waals surface area contributed by atoms with Gasteiger partial charge in [-0.2, -0.15) is 9.78 Å². The third-order valence-electron chi connectivity index (χ3n) is 4.10. The smallest absolute Gasteiger partial charge is 0.373 e. The lowest BCUT2D eigenvalue weighted by atomic mass is 9.89. The third kappa shape index (κ3) is 5.05. The normalized spacial score (nSPS) is 16.9. The van der Waals surface area contributed by atoms with E-state index in [-0.39, 0.29) is 0 Å². The number of benzene rings is 1. The van der Waals surface area contributed by atoms with E-state index in [9.17, 15) is 4.79 Å². The molecular formula is C19H28O4. The monoisotopic (exact) mass is 320 g/mol. The molecule has 4 nitrogen and oxygen atoms in total. The van der Waals surface area contributed by atoms with Crippen LogP contribution in [-0.2, 0) is 24.9 Å². The highest BCUT2D eigenvalue weighted by molar-refractivity contribution is 5.79. The summed E-state index contributed by atoms with van der Waals surface area (Å²) in [5, 5.41) is 0. The molecule has 0 spiro atoms. The van der Waals surface area contributed by atoms with E-state index in [1.807, 2.05) is 44.2 Å². The van der Waals surface area contributed by atoms with Crippen molar-refractivity contribution >= 4 is 5.97 Å². The standard InChI is InChI=1S/C19H28O4/c1-17(2,3)13-9-10-14-19(22-23-19)16(20)21-18(4,5)15-11-7-6-8-12-15/h6-8,11-12H,9-10,13-14H2,1-5H3. The van der Waals surface area contributed by atoms with Gasteiger partial charge in [0.05, 0.1) is 0 Å². The number of hydrogen-bond acceptors (Lipinski definition) is 4. The van der Waals surface area contributed by atoms with Crippen molar-refractivity contribution in [1.29, 1.82) is 0 Å². The van der Waals surface area contributed by atoms with Gasteiger partial charge in [0.1, 0.15) is 5.60 Å². The maximum absolute atomic E-state index is 12.4. The van der Waals surface area contributed by atoms with Crippen LogP contribution in [0.5, 0.6) is 0 Å². The number of unbranched alkanes of at least 4 members (excludes halogenated alkanes) is 1. The van der Waals surface area contributed by atoms with Gasteiger partial charge in [0, 0.05) is 6.42 Å². The van der Waals surface area contributed by atoms with Crippen LogP contribution in [0.15, 0.2) is 30.3 Å². The number of carbonyl (C=O) groups excluding carboxylic acids is 1. The van der Waals surface area contributed by atoms with Crippen molar-refractivity contribution in [3.63, 3.8) is 0 Å². The van der Waals surface area contributed by atoms with E-state index in [0.717, 1.165) is 24.8 Å². The van der Waals surface area contributed by atoms with E-state index in [1.165, 1.54) is 0 Å². The van der Waals surface area contributed by atoms with Gasteiger partial charge in [0.15, 0.2) is 0 Å². The van der Waals surface area contributed by atoms with Crippen LogP contribution in [0.3, 0.4) is 0 Å². The zero-order valence-corrected chi connectivity index (χ0v) is 14.8. The Balaban J connectivity index is 1.87. The zero-order valence-electron chi connectivity index (χ0n) is 14.8. The van der Waals surface area contributed by atoms with E-state index >= 15 is 0 Å². The molecule has 1 saturated heterocycles. The second-order valence-corrected chi connectivity index (χ2v) is 7.95. The molecule has 1 heterocycles. The molecule has 0 aliphatic carbocycles. The highest BCUT2D eigenvalue weighted by atomic mass is 17.4. The lowest BCUT2D eigenvalue weighted by molar-refractivity contribution is -0.165. The van der Waals surface area contributed by atoms with E-state index in [2.05, 4.69) is 20.8 Å².